The summed E-state index contributed by atoms with van der Waals surface area (Å²) in [7, 11) is 0. The highest BCUT2D eigenvalue weighted by Crippen LogP contribution is 2.27. The summed E-state index contributed by atoms with van der Waals surface area (Å²) in [6.07, 6.45) is 3.75. The molecule has 0 unspecified atom stereocenters. The van der Waals surface area contributed by atoms with Crippen molar-refractivity contribution in [3.8, 4) is 11.4 Å². The van der Waals surface area contributed by atoms with Crippen molar-refractivity contribution in [3.05, 3.63) is 52.7 Å². The number of hydrogen-bond acceptors (Lipinski definition) is 7. The molecule has 1 N–H and O–H groups in total. The van der Waals surface area contributed by atoms with E-state index < -0.39 is 0 Å². The maximum absolute atomic E-state index is 12.8. The second kappa shape index (κ2) is 6.78. The minimum absolute atomic E-state index is 0.108. The number of rotatable bonds is 3. The lowest BCUT2D eigenvalue weighted by molar-refractivity contribution is 0.591. The molecule has 29 heavy (non-hydrogen) atoms. The number of piperazine rings is 1. The van der Waals surface area contributed by atoms with Gasteiger partial charge in [-0.3, -0.25) is 9.20 Å². The standard InChI is InChI=1S/C20H21N7OS/c1-12(2)14-8-16(24-27-10-13(3)22-19(14)27)15-9-17(28)26-11-18(29-20(26)23-15)25-6-4-21-5-7-25/h8-11,21H,1,4-7H2,2-3H3. The first-order valence-corrected chi connectivity index (χ1v) is 10.3. The molecule has 0 aromatic carbocycles. The zero-order valence-electron chi connectivity index (χ0n) is 16.3. The highest BCUT2D eigenvalue weighted by atomic mass is 32.1. The minimum atomic E-state index is -0.108. The molecule has 0 aliphatic carbocycles. The molecule has 4 aromatic rings. The van der Waals surface area contributed by atoms with E-state index in [1.54, 1.807) is 15.0 Å². The number of nitrogens with zero attached hydrogens (tertiary/aromatic N) is 6. The van der Waals surface area contributed by atoms with E-state index in [0.29, 0.717) is 16.3 Å². The molecular weight excluding hydrogens is 386 g/mol. The summed E-state index contributed by atoms with van der Waals surface area (Å²) in [4.78, 5) is 25.0. The molecule has 0 spiro atoms. The van der Waals surface area contributed by atoms with Crippen LogP contribution in [0.15, 0.2) is 35.9 Å². The van der Waals surface area contributed by atoms with Gasteiger partial charge in [-0.15, -0.1) is 0 Å². The third kappa shape index (κ3) is 3.12. The highest BCUT2D eigenvalue weighted by Gasteiger charge is 2.17. The molecule has 4 aromatic heterocycles. The van der Waals surface area contributed by atoms with E-state index >= 15 is 0 Å². The van der Waals surface area contributed by atoms with Gasteiger partial charge in [0.05, 0.1) is 17.6 Å². The minimum Gasteiger partial charge on any atom is -0.360 e. The van der Waals surface area contributed by atoms with Gasteiger partial charge in [-0.1, -0.05) is 17.9 Å². The van der Waals surface area contributed by atoms with Crippen LogP contribution in [-0.4, -0.2) is 50.2 Å². The number of thiazole rings is 1. The molecule has 8 nitrogen and oxygen atoms in total. The number of imidazole rings is 1. The van der Waals surface area contributed by atoms with Gasteiger partial charge in [-0.05, 0) is 25.5 Å². The summed E-state index contributed by atoms with van der Waals surface area (Å²) < 4.78 is 3.35. The van der Waals surface area contributed by atoms with Crippen LogP contribution in [0.4, 0.5) is 5.00 Å². The van der Waals surface area contributed by atoms with E-state index in [1.807, 2.05) is 32.3 Å². The van der Waals surface area contributed by atoms with Gasteiger partial charge < -0.3 is 10.2 Å². The van der Waals surface area contributed by atoms with Crippen molar-refractivity contribution in [1.82, 2.24) is 29.3 Å². The van der Waals surface area contributed by atoms with Crippen LogP contribution in [0.25, 0.3) is 27.6 Å². The molecule has 1 aliphatic rings. The van der Waals surface area contributed by atoms with Gasteiger partial charge in [0.15, 0.2) is 10.6 Å². The number of aromatic nitrogens is 5. The van der Waals surface area contributed by atoms with E-state index in [4.69, 9.17) is 4.98 Å². The summed E-state index contributed by atoms with van der Waals surface area (Å²) >= 11 is 1.53. The molecule has 9 heteroatoms. The first-order valence-electron chi connectivity index (χ1n) is 9.52. The Morgan fingerprint density at radius 2 is 1.97 bits per heavy atom. The van der Waals surface area contributed by atoms with Crippen LogP contribution in [-0.2, 0) is 0 Å². The SMILES string of the molecule is C=C(C)c1cc(-c2cc(=O)n3cc(N4CCNCC4)sc3n2)nn2cc(C)nc12. The molecule has 1 aliphatic heterocycles. The fraction of sp³-hybridized carbons (Fsp3) is 0.300. The van der Waals surface area contributed by atoms with Gasteiger partial charge in [-0.2, -0.15) is 5.10 Å². The number of hydrogen-bond donors (Lipinski definition) is 1. The quantitative estimate of drug-likeness (QED) is 0.561. The summed E-state index contributed by atoms with van der Waals surface area (Å²) in [5.74, 6) is 0. The van der Waals surface area contributed by atoms with Crippen molar-refractivity contribution in [2.24, 2.45) is 0 Å². The van der Waals surface area contributed by atoms with Crippen molar-refractivity contribution < 1.29 is 0 Å². The van der Waals surface area contributed by atoms with Crippen molar-refractivity contribution in [3.63, 3.8) is 0 Å². The van der Waals surface area contributed by atoms with E-state index in [0.717, 1.165) is 53.7 Å². The van der Waals surface area contributed by atoms with Crippen molar-refractivity contribution >= 4 is 32.5 Å². The van der Waals surface area contributed by atoms with E-state index in [-0.39, 0.29) is 5.56 Å². The molecule has 0 bridgehead atoms. The lowest BCUT2D eigenvalue weighted by atomic mass is 10.1. The smallest absolute Gasteiger partial charge is 0.259 e. The third-order valence-electron chi connectivity index (χ3n) is 5.05. The molecule has 1 fully saturated rings. The van der Waals surface area contributed by atoms with Crippen LogP contribution >= 0.6 is 11.3 Å². The zero-order chi connectivity index (χ0) is 20.1. The number of anilines is 1. The van der Waals surface area contributed by atoms with E-state index in [9.17, 15) is 4.79 Å². The predicted molar refractivity (Wildman–Crippen MR) is 116 cm³/mol. The molecule has 0 amide bonds. The van der Waals surface area contributed by atoms with Crippen LogP contribution in [0, 0.1) is 6.92 Å². The normalized spacial score (nSPS) is 14.8. The largest absolute Gasteiger partial charge is 0.360 e. The Bertz CT molecular complexity index is 1310. The van der Waals surface area contributed by atoms with E-state index in [2.05, 4.69) is 26.9 Å². The molecule has 0 radical (unpaired) electrons. The fourth-order valence-corrected chi connectivity index (χ4v) is 4.63. The monoisotopic (exact) mass is 407 g/mol. The number of fused-ring (bicyclic) bond motifs is 2. The average molecular weight is 408 g/mol. The van der Waals surface area contributed by atoms with Gasteiger partial charge in [0.25, 0.3) is 5.56 Å². The Balaban J connectivity index is 1.65. The lowest BCUT2D eigenvalue weighted by Crippen LogP contribution is -2.43. The van der Waals surface area contributed by atoms with Gasteiger partial charge in [-0.25, -0.2) is 14.5 Å². The van der Waals surface area contributed by atoms with Crippen molar-refractivity contribution in [2.75, 3.05) is 31.1 Å². The number of nitrogens with one attached hydrogen (secondary N) is 1. The lowest BCUT2D eigenvalue weighted by Gasteiger charge is -2.27. The summed E-state index contributed by atoms with van der Waals surface area (Å²) in [6.45, 7) is 11.7. The van der Waals surface area contributed by atoms with Crippen LogP contribution in [0.3, 0.4) is 0 Å². The molecule has 5 heterocycles. The fourth-order valence-electron chi connectivity index (χ4n) is 3.58. The number of allylic oxidation sites excluding steroid dienone is 1. The van der Waals surface area contributed by atoms with Crippen LogP contribution in [0.1, 0.15) is 18.2 Å². The Hall–Kier alpha value is -3.04. The highest BCUT2D eigenvalue weighted by molar-refractivity contribution is 7.20. The van der Waals surface area contributed by atoms with Crippen molar-refractivity contribution in [1.29, 1.82) is 0 Å². The Labute approximate surface area is 171 Å². The molecular formula is C20H21N7OS. The molecule has 1 saturated heterocycles. The Kier molecular flexibility index (Phi) is 4.21. The average Bonchev–Trinajstić information content (AvgIpc) is 3.30. The second-order valence-corrected chi connectivity index (χ2v) is 8.30. The third-order valence-corrected chi connectivity index (χ3v) is 6.10. The summed E-state index contributed by atoms with van der Waals surface area (Å²) in [5, 5.41) is 9.05. The first kappa shape index (κ1) is 18.0. The van der Waals surface area contributed by atoms with Crippen LogP contribution in [0.2, 0.25) is 0 Å². The Morgan fingerprint density at radius 1 is 1.17 bits per heavy atom. The maximum Gasteiger partial charge on any atom is 0.259 e. The molecule has 5 rings (SSSR count). The predicted octanol–water partition coefficient (Wildman–Crippen LogP) is 2.22. The van der Waals surface area contributed by atoms with E-state index in [1.165, 1.54) is 11.3 Å². The Morgan fingerprint density at radius 3 is 2.72 bits per heavy atom. The van der Waals surface area contributed by atoms with Gasteiger partial charge >= 0.3 is 0 Å². The second-order valence-electron chi connectivity index (χ2n) is 7.31. The molecule has 0 atom stereocenters. The first-order chi connectivity index (χ1) is 14.0. The summed E-state index contributed by atoms with van der Waals surface area (Å²) in [5.41, 5.74) is 4.50. The van der Waals surface area contributed by atoms with Gasteiger partial charge in [0.1, 0.15) is 10.7 Å². The van der Waals surface area contributed by atoms with Gasteiger partial charge in [0, 0.05) is 44.0 Å². The molecule has 148 valence electrons. The molecule has 0 saturated carbocycles. The van der Waals surface area contributed by atoms with Crippen LogP contribution < -0.4 is 15.8 Å². The van der Waals surface area contributed by atoms with Crippen molar-refractivity contribution in [2.45, 2.75) is 13.8 Å². The maximum atomic E-state index is 12.8. The van der Waals surface area contributed by atoms with Crippen LogP contribution in [0.5, 0.6) is 0 Å². The summed E-state index contributed by atoms with van der Waals surface area (Å²) in [6, 6.07) is 3.45. The zero-order valence-corrected chi connectivity index (χ0v) is 17.2. The number of aryl methyl sites for hydroxylation is 1. The topological polar surface area (TPSA) is 79.8 Å². The van der Waals surface area contributed by atoms with Gasteiger partial charge in [0.2, 0.25) is 0 Å².